The average Bonchev–Trinajstić information content (AvgIpc) is 3.18. The Bertz CT molecular complexity index is 780. The molecule has 0 unspecified atom stereocenters. The van der Waals surface area contributed by atoms with Crippen molar-refractivity contribution in [2.24, 2.45) is 0 Å². The van der Waals surface area contributed by atoms with E-state index in [0.717, 1.165) is 30.8 Å². The molecule has 2 fully saturated rings. The minimum absolute atomic E-state index is 0.0717. The van der Waals surface area contributed by atoms with E-state index < -0.39 is 10.0 Å². The maximum absolute atomic E-state index is 12.5. The minimum atomic E-state index is -3.43. The van der Waals surface area contributed by atoms with Crippen LogP contribution < -0.4 is 10.2 Å². The number of quaternary nitrogens is 1. The van der Waals surface area contributed by atoms with Crippen molar-refractivity contribution in [1.29, 1.82) is 0 Å². The zero-order chi connectivity index (χ0) is 19.4. The molecule has 0 aliphatic carbocycles. The van der Waals surface area contributed by atoms with Crippen molar-refractivity contribution in [3.63, 3.8) is 0 Å². The van der Waals surface area contributed by atoms with E-state index in [0.29, 0.717) is 38.4 Å². The first kappa shape index (κ1) is 19.8. The van der Waals surface area contributed by atoms with E-state index in [1.807, 2.05) is 0 Å². The van der Waals surface area contributed by atoms with Crippen LogP contribution in [0.5, 0.6) is 0 Å². The molecule has 2 aliphatic heterocycles. The Balaban J connectivity index is 1.52. The Morgan fingerprint density at radius 3 is 2.19 bits per heavy atom. The molecule has 2 N–H and O–H groups in total. The summed E-state index contributed by atoms with van der Waals surface area (Å²) in [4.78, 5) is 26.8. The fourth-order valence-corrected chi connectivity index (χ4v) is 5.05. The van der Waals surface area contributed by atoms with E-state index in [1.54, 1.807) is 36.1 Å². The van der Waals surface area contributed by atoms with Crippen LogP contribution in [0.1, 0.15) is 19.8 Å². The first-order chi connectivity index (χ1) is 12.9. The number of carbonyl (C=O) groups is 2. The predicted molar refractivity (Wildman–Crippen MR) is 101 cm³/mol. The topological polar surface area (TPSA) is 91.2 Å². The first-order valence-electron chi connectivity index (χ1n) is 9.35. The summed E-state index contributed by atoms with van der Waals surface area (Å²) in [6.45, 7) is 5.87. The van der Waals surface area contributed by atoms with Gasteiger partial charge in [-0.1, -0.05) is 0 Å². The number of piperazine rings is 1. The van der Waals surface area contributed by atoms with E-state index in [4.69, 9.17) is 0 Å². The number of nitrogens with one attached hydrogen (secondary N) is 2. The van der Waals surface area contributed by atoms with Gasteiger partial charge in [-0.2, -0.15) is 4.31 Å². The Labute approximate surface area is 160 Å². The number of hydrogen-bond acceptors (Lipinski definition) is 4. The van der Waals surface area contributed by atoms with Gasteiger partial charge in [0.25, 0.3) is 5.91 Å². The summed E-state index contributed by atoms with van der Waals surface area (Å²) >= 11 is 0. The highest BCUT2D eigenvalue weighted by molar-refractivity contribution is 7.89. The van der Waals surface area contributed by atoms with Crippen molar-refractivity contribution in [3.05, 3.63) is 24.3 Å². The van der Waals surface area contributed by atoms with Gasteiger partial charge in [-0.15, -0.1) is 0 Å². The molecular weight excluding hydrogens is 368 g/mol. The highest BCUT2D eigenvalue weighted by Crippen LogP contribution is 2.22. The third-order valence-electron chi connectivity index (χ3n) is 5.17. The lowest BCUT2D eigenvalue weighted by molar-refractivity contribution is -0.895. The molecule has 148 valence electrons. The Morgan fingerprint density at radius 1 is 1.04 bits per heavy atom. The summed E-state index contributed by atoms with van der Waals surface area (Å²) in [5.74, 6) is -0.0427. The van der Waals surface area contributed by atoms with Gasteiger partial charge in [0.1, 0.15) is 0 Å². The third kappa shape index (κ3) is 4.85. The normalized spacial score (nSPS) is 19.2. The molecule has 0 atom stereocenters. The number of amides is 2. The van der Waals surface area contributed by atoms with Gasteiger partial charge in [-0.25, -0.2) is 8.42 Å². The second-order valence-corrected chi connectivity index (χ2v) is 9.05. The molecule has 3 rings (SSSR count). The Kier molecular flexibility index (Phi) is 6.13. The number of hydrogen-bond donors (Lipinski definition) is 2. The SMILES string of the molecule is CC(=O)N1CC[NH+](CC(=O)Nc2ccc(S(=O)(=O)N3CCCC3)cc2)CC1. The molecule has 0 saturated carbocycles. The number of benzene rings is 1. The summed E-state index contributed by atoms with van der Waals surface area (Å²) in [6, 6.07) is 6.34. The third-order valence-corrected chi connectivity index (χ3v) is 7.08. The van der Waals surface area contributed by atoms with Gasteiger partial charge in [0.05, 0.1) is 31.1 Å². The van der Waals surface area contributed by atoms with Gasteiger partial charge in [0, 0.05) is 25.7 Å². The summed E-state index contributed by atoms with van der Waals surface area (Å²) in [5.41, 5.74) is 0.585. The molecule has 2 amide bonds. The van der Waals surface area contributed by atoms with Gasteiger partial charge < -0.3 is 15.1 Å². The van der Waals surface area contributed by atoms with Crippen LogP contribution in [-0.4, -0.2) is 75.3 Å². The number of sulfonamides is 1. The minimum Gasteiger partial charge on any atom is -0.332 e. The van der Waals surface area contributed by atoms with Gasteiger partial charge in [0.15, 0.2) is 6.54 Å². The Morgan fingerprint density at radius 2 is 1.63 bits per heavy atom. The van der Waals surface area contributed by atoms with Crippen LogP contribution in [0.2, 0.25) is 0 Å². The summed E-state index contributed by atoms with van der Waals surface area (Å²) in [6.07, 6.45) is 1.80. The van der Waals surface area contributed by atoms with Crippen LogP contribution in [0.15, 0.2) is 29.2 Å². The number of rotatable bonds is 5. The average molecular weight is 396 g/mol. The Hall–Kier alpha value is -1.97. The summed E-state index contributed by atoms with van der Waals surface area (Å²) < 4.78 is 26.5. The van der Waals surface area contributed by atoms with Crippen molar-refractivity contribution in [2.75, 3.05) is 51.1 Å². The second kappa shape index (κ2) is 8.37. The van der Waals surface area contributed by atoms with Gasteiger partial charge in [-0.05, 0) is 37.1 Å². The van der Waals surface area contributed by atoms with Crippen LogP contribution in [0.25, 0.3) is 0 Å². The fraction of sp³-hybridized carbons (Fsp3) is 0.556. The highest BCUT2D eigenvalue weighted by Gasteiger charge is 2.27. The number of anilines is 1. The van der Waals surface area contributed by atoms with Crippen LogP contribution in [0, 0.1) is 0 Å². The maximum atomic E-state index is 12.5. The standard InChI is InChI=1S/C18H26N4O4S/c1-15(23)21-12-10-20(11-13-21)14-18(24)19-16-4-6-17(7-5-16)27(25,26)22-8-2-3-9-22/h4-7H,2-3,8-14H2,1H3,(H,19,24)/p+1. The largest absolute Gasteiger partial charge is 0.332 e. The molecule has 9 heteroatoms. The molecule has 0 bridgehead atoms. The van der Waals surface area contributed by atoms with Crippen LogP contribution in [-0.2, 0) is 19.6 Å². The molecule has 1 aromatic carbocycles. The van der Waals surface area contributed by atoms with Gasteiger partial charge in [-0.3, -0.25) is 9.59 Å². The zero-order valence-corrected chi connectivity index (χ0v) is 16.4. The van der Waals surface area contributed by atoms with Crippen molar-refractivity contribution < 1.29 is 22.9 Å². The molecule has 27 heavy (non-hydrogen) atoms. The molecular formula is C18H27N4O4S+. The quantitative estimate of drug-likeness (QED) is 0.680. The predicted octanol–water partition coefficient (Wildman–Crippen LogP) is -0.843. The molecule has 0 spiro atoms. The molecule has 0 aromatic heterocycles. The number of carbonyl (C=O) groups excluding carboxylic acids is 2. The lowest BCUT2D eigenvalue weighted by atomic mass is 10.3. The van der Waals surface area contributed by atoms with Crippen LogP contribution in [0.4, 0.5) is 5.69 Å². The van der Waals surface area contributed by atoms with Crippen LogP contribution >= 0.6 is 0 Å². The smallest absolute Gasteiger partial charge is 0.279 e. The fourth-order valence-electron chi connectivity index (χ4n) is 3.53. The first-order valence-corrected chi connectivity index (χ1v) is 10.8. The zero-order valence-electron chi connectivity index (χ0n) is 15.6. The van der Waals surface area contributed by atoms with Crippen molar-refractivity contribution >= 4 is 27.5 Å². The lowest BCUT2D eigenvalue weighted by Gasteiger charge is -2.31. The summed E-state index contributed by atoms with van der Waals surface area (Å²) in [7, 11) is -3.43. The van der Waals surface area contributed by atoms with Crippen LogP contribution in [0.3, 0.4) is 0 Å². The molecule has 1 aromatic rings. The van der Waals surface area contributed by atoms with E-state index in [1.165, 1.54) is 4.31 Å². The molecule has 0 radical (unpaired) electrons. The second-order valence-electron chi connectivity index (χ2n) is 7.12. The summed E-state index contributed by atoms with van der Waals surface area (Å²) in [5, 5.41) is 2.82. The maximum Gasteiger partial charge on any atom is 0.279 e. The monoisotopic (exact) mass is 395 g/mol. The van der Waals surface area contributed by atoms with Gasteiger partial charge >= 0.3 is 0 Å². The molecule has 2 saturated heterocycles. The van der Waals surface area contributed by atoms with Crippen molar-refractivity contribution in [3.8, 4) is 0 Å². The van der Waals surface area contributed by atoms with E-state index >= 15 is 0 Å². The molecule has 2 aliphatic rings. The molecule has 2 heterocycles. The highest BCUT2D eigenvalue weighted by atomic mass is 32.2. The molecule has 8 nitrogen and oxygen atoms in total. The van der Waals surface area contributed by atoms with E-state index in [-0.39, 0.29) is 16.7 Å². The van der Waals surface area contributed by atoms with Gasteiger partial charge in [0.2, 0.25) is 15.9 Å². The number of nitrogens with zero attached hydrogens (tertiary/aromatic N) is 2. The van der Waals surface area contributed by atoms with Crippen molar-refractivity contribution in [1.82, 2.24) is 9.21 Å². The van der Waals surface area contributed by atoms with E-state index in [2.05, 4.69) is 5.32 Å². The van der Waals surface area contributed by atoms with E-state index in [9.17, 15) is 18.0 Å². The van der Waals surface area contributed by atoms with Crippen molar-refractivity contribution in [2.45, 2.75) is 24.7 Å². The lowest BCUT2D eigenvalue weighted by Crippen LogP contribution is -3.15.